The zero-order valence-corrected chi connectivity index (χ0v) is 12.9. The van der Waals surface area contributed by atoms with Gasteiger partial charge in [0.1, 0.15) is 0 Å². The minimum Gasteiger partial charge on any atom is -0.462 e. The highest BCUT2D eigenvalue weighted by Gasteiger charge is 2.30. The van der Waals surface area contributed by atoms with Gasteiger partial charge in [-0.1, -0.05) is 37.8 Å². The first-order valence-corrected chi connectivity index (χ1v) is 9.92. The van der Waals surface area contributed by atoms with Crippen molar-refractivity contribution in [2.45, 2.75) is 32.2 Å². The summed E-state index contributed by atoms with van der Waals surface area (Å²) in [6, 6.07) is 7.72. The molecule has 3 nitrogen and oxygen atoms in total. The quantitative estimate of drug-likeness (QED) is 0.657. The predicted octanol–water partition coefficient (Wildman–Crippen LogP) is 3.00. The van der Waals surface area contributed by atoms with Crippen LogP contribution in [0.5, 0.6) is 0 Å². The van der Waals surface area contributed by atoms with Gasteiger partial charge in [0, 0.05) is 5.67 Å². The van der Waals surface area contributed by atoms with E-state index in [0.717, 1.165) is 5.56 Å². The molecular weight excluding hydrogens is 242 g/mol. The third-order valence-corrected chi connectivity index (χ3v) is 5.25. The number of ether oxygens (including phenoxy) is 1. The molecule has 0 aliphatic heterocycles. The monoisotopic (exact) mass is 265 g/mol. The molecule has 1 aromatic carbocycles. The van der Waals surface area contributed by atoms with Crippen LogP contribution in [-0.4, -0.2) is 27.7 Å². The van der Waals surface area contributed by atoms with E-state index in [0.29, 0.717) is 12.2 Å². The lowest BCUT2D eigenvalue weighted by molar-refractivity contribution is 0.0525. The van der Waals surface area contributed by atoms with Crippen molar-refractivity contribution >= 4 is 14.0 Å². The van der Waals surface area contributed by atoms with Gasteiger partial charge in [-0.2, -0.15) is 0 Å². The number of hydrogen-bond acceptors (Lipinski definition) is 3. The Balaban J connectivity index is 3.19. The maximum absolute atomic E-state index is 12.0. The molecule has 0 radical (unpaired) electrons. The van der Waals surface area contributed by atoms with Crippen LogP contribution in [-0.2, 0) is 4.74 Å². The van der Waals surface area contributed by atoms with E-state index < -0.39 is 8.07 Å². The van der Waals surface area contributed by atoms with Crippen molar-refractivity contribution in [2.75, 3.05) is 13.7 Å². The Labute approximate surface area is 111 Å². The summed E-state index contributed by atoms with van der Waals surface area (Å²) in [5.74, 6) is -0.230. The Bertz CT molecular complexity index is 413. The Kier molecular flexibility index (Phi) is 5.11. The molecule has 1 atom stereocenters. The van der Waals surface area contributed by atoms with E-state index in [2.05, 4.69) is 25.0 Å². The zero-order valence-electron chi connectivity index (χ0n) is 11.9. The van der Waals surface area contributed by atoms with Crippen LogP contribution in [0.2, 0.25) is 19.6 Å². The number of hydrogen-bond donors (Lipinski definition) is 1. The van der Waals surface area contributed by atoms with Gasteiger partial charge in [-0.05, 0) is 25.6 Å². The van der Waals surface area contributed by atoms with E-state index in [9.17, 15) is 4.79 Å². The summed E-state index contributed by atoms with van der Waals surface area (Å²) in [5, 5.41) is 3.35. The summed E-state index contributed by atoms with van der Waals surface area (Å²) in [4.78, 5) is 12.0. The molecule has 1 unspecified atom stereocenters. The van der Waals surface area contributed by atoms with Crippen molar-refractivity contribution in [1.82, 2.24) is 5.32 Å². The fourth-order valence-corrected chi connectivity index (χ4v) is 4.25. The maximum Gasteiger partial charge on any atom is 0.338 e. The van der Waals surface area contributed by atoms with Crippen LogP contribution in [0, 0.1) is 0 Å². The highest BCUT2D eigenvalue weighted by Crippen LogP contribution is 2.27. The summed E-state index contributed by atoms with van der Waals surface area (Å²) >= 11 is 0. The Morgan fingerprint density at radius 1 is 1.33 bits per heavy atom. The third kappa shape index (κ3) is 3.43. The van der Waals surface area contributed by atoms with Gasteiger partial charge in [0.25, 0.3) is 0 Å². The summed E-state index contributed by atoms with van der Waals surface area (Å²) in [5.41, 5.74) is 1.98. The van der Waals surface area contributed by atoms with E-state index in [1.807, 2.05) is 38.2 Å². The zero-order chi connectivity index (χ0) is 13.8. The minimum atomic E-state index is -1.45. The van der Waals surface area contributed by atoms with Crippen LogP contribution in [0.4, 0.5) is 0 Å². The normalized spacial score (nSPS) is 13.2. The van der Waals surface area contributed by atoms with E-state index >= 15 is 0 Å². The van der Waals surface area contributed by atoms with Gasteiger partial charge < -0.3 is 10.1 Å². The molecular formula is C14H23NO2Si. The highest BCUT2D eigenvalue weighted by atomic mass is 28.3. The van der Waals surface area contributed by atoms with Crippen LogP contribution in [0.15, 0.2) is 24.3 Å². The van der Waals surface area contributed by atoms with Crippen LogP contribution in [0.1, 0.15) is 28.5 Å². The first-order chi connectivity index (χ1) is 8.41. The molecule has 18 heavy (non-hydrogen) atoms. The molecule has 0 saturated carbocycles. The fourth-order valence-electron chi connectivity index (χ4n) is 2.20. The van der Waals surface area contributed by atoms with Gasteiger partial charge in [0.2, 0.25) is 0 Å². The first-order valence-electron chi connectivity index (χ1n) is 6.35. The lowest BCUT2D eigenvalue weighted by Gasteiger charge is -2.30. The topological polar surface area (TPSA) is 38.3 Å². The number of carbonyl (C=O) groups excluding carboxylic acids is 1. The van der Waals surface area contributed by atoms with E-state index in [1.54, 1.807) is 0 Å². The van der Waals surface area contributed by atoms with Gasteiger partial charge in [-0.3, -0.25) is 0 Å². The summed E-state index contributed by atoms with van der Waals surface area (Å²) in [7, 11) is 0.503. The lowest BCUT2D eigenvalue weighted by Crippen LogP contribution is -2.40. The summed E-state index contributed by atoms with van der Waals surface area (Å²) < 4.78 is 5.12. The second kappa shape index (κ2) is 6.16. The number of carbonyl (C=O) groups is 1. The average molecular weight is 265 g/mol. The Morgan fingerprint density at radius 2 is 1.94 bits per heavy atom. The van der Waals surface area contributed by atoms with Crippen molar-refractivity contribution in [3.63, 3.8) is 0 Å². The number of rotatable bonds is 5. The molecule has 0 aromatic heterocycles. The van der Waals surface area contributed by atoms with Gasteiger partial charge in [0.15, 0.2) is 0 Å². The van der Waals surface area contributed by atoms with Gasteiger partial charge >= 0.3 is 5.97 Å². The predicted molar refractivity (Wildman–Crippen MR) is 77.5 cm³/mol. The summed E-state index contributed by atoms with van der Waals surface area (Å²) in [6.07, 6.45) is 0. The smallest absolute Gasteiger partial charge is 0.338 e. The molecule has 100 valence electrons. The second-order valence-electron chi connectivity index (χ2n) is 5.40. The van der Waals surface area contributed by atoms with Crippen molar-refractivity contribution in [3.05, 3.63) is 35.4 Å². The minimum absolute atomic E-state index is 0.230. The van der Waals surface area contributed by atoms with Crippen molar-refractivity contribution in [2.24, 2.45) is 0 Å². The van der Waals surface area contributed by atoms with E-state index in [1.165, 1.54) is 0 Å². The molecule has 0 bridgehead atoms. The summed E-state index contributed by atoms with van der Waals surface area (Å²) in [6.45, 7) is 9.10. The second-order valence-corrected chi connectivity index (χ2v) is 10.7. The third-order valence-electron chi connectivity index (χ3n) is 2.92. The first kappa shape index (κ1) is 14.9. The number of esters is 1. The lowest BCUT2D eigenvalue weighted by atomic mass is 10.1. The van der Waals surface area contributed by atoms with Crippen LogP contribution in [0.3, 0.4) is 0 Å². The van der Waals surface area contributed by atoms with Gasteiger partial charge in [-0.15, -0.1) is 0 Å². The molecule has 0 amide bonds. The largest absolute Gasteiger partial charge is 0.462 e. The van der Waals surface area contributed by atoms with Crippen molar-refractivity contribution in [1.29, 1.82) is 0 Å². The molecule has 0 heterocycles. The van der Waals surface area contributed by atoms with E-state index in [4.69, 9.17) is 4.74 Å². The van der Waals surface area contributed by atoms with Crippen LogP contribution in [0.25, 0.3) is 0 Å². The van der Waals surface area contributed by atoms with Crippen molar-refractivity contribution < 1.29 is 9.53 Å². The Hall–Kier alpha value is -1.13. The number of nitrogens with one attached hydrogen (secondary N) is 1. The molecule has 0 aliphatic rings. The molecule has 0 aliphatic carbocycles. The van der Waals surface area contributed by atoms with Gasteiger partial charge in [0.05, 0.1) is 20.2 Å². The standard InChI is InChI=1S/C14H23NO2Si/c1-6-17-14(16)12-10-8-7-9-11(12)13(15-2)18(3,4)5/h7-10,13,15H,6H2,1-5H3. The van der Waals surface area contributed by atoms with Gasteiger partial charge in [-0.25, -0.2) is 4.79 Å². The molecule has 1 aromatic rings. The molecule has 1 N–H and O–H groups in total. The molecule has 0 fully saturated rings. The molecule has 1 rings (SSSR count). The number of benzene rings is 1. The highest BCUT2D eigenvalue weighted by molar-refractivity contribution is 6.77. The molecule has 0 saturated heterocycles. The van der Waals surface area contributed by atoms with Crippen LogP contribution < -0.4 is 5.32 Å². The van der Waals surface area contributed by atoms with Crippen molar-refractivity contribution in [3.8, 4) is 0 Å². The molecule has 4 heteroatoms. The Morgan fingerprint density at radius 3 is 2.44 bits per heavy atom. The van der Waals surface area contributed by atoms with Crippen LogP contribution >= 0.6 is 0 Å². The fraction of sp³-hybridized carbons (Fsp3) is 0.500. The average Bonchev–Trinajstić information content (AvgIpc) is 2.29. The van der Waals surface area contributed by atoms with E-state index in [-0.39, 0.29) is 11.6 Å². The SMILES string of the molecule is CCOC(=O)c1ccccc1C(NC)[Si](C)(C)C. The maximum atomic E-state index is 12.0. The molecule has 0 spiro atoms.